The van der Waals surface area contributed by atoms with Gasteiger partial charge in [0.15, 0.2) is 0 Å². The van der Waals surface area contributed by atoms with Gasteiger partial charge in [0.25, 0.3) is 5.95 Å². The fourth-order valence-corrected chi connectivity index (χ4v) is 2.08. The monoisotopic (exact) mass is 340 g/mol. The van der Waals surface area contributed by atoms with Crippen LogP contribution < -0.4 is 4.90 Å². The summed E-state index contributed by atoms with van der Waals surface area (Å²) in [6, 6.07) is 7.12. The van der Waals surface area contributed by atoms with Gasteiger partial charge in [0.1, 0.15) is 6.33 Å². The summed E-state index contributed by atoms with van der Waals surface area (Å²) in [5, 5.41) is 15.1. The Balaban J connectivity index is 0.00000288. The molecule has 0 radical (unpaired) electrons. The third-order valence-corrected chi connectivity index (χ3v) is 3.30. The molecular formula is C12H16N6O4S. The number of rotatable bonds is 8. The van der Waals surface area contributed by atoms with Crippen LogP contribution in [0.2, 0.25) is 0 Å². The predicted molar refractivity (Wildman–Crippen MR) is 81.6 cm³/mol. The van der Waals surface area contributed by atoms with E-state index in [2.05, 4.69) is 29.6 Å². The van der Waals surface area contributed by atoms with E-state index in [-0.39, 0.29) is 14.6 Å². The molecule has 0 spiro atoms. The molecule has 11 heteroatoms. The van der Waals surface area contributed by atoms with Crippen molar-refractivity contribution in [3.8, 4) is 0 Å². The Bertz CT molecular complexity index is 735. The van der Waals surface area contributed by atoms with Gasteiger partial charge >= 0.3 is 1.43 Å². The molecule has 0 aliphatic carbocycles. The number of nitrogens with one attached hydrogen (secondary N) is 1. The minimum atomic E-state index is -4.66. The van der Waals surface area contributed by atoms with Crippen LogP contribution in [-0.2, 0) is 14.6 Å². The van der Waals surface area contributed by atoms with Crippen LogP contribution in [0, 0.1) is 0 Å². The summed E-state index contributed by atoms with van der Waals surface area (Å²) < 4.78 is 35.5. The first-order chi connectivity index (χ1) is 11.0. The molecular weight excluding hydrogens is 324 g/mol. The van der Waals surface area contributed by atoms with Crippen LogP contribution in [0.5, 0.6) is 0 Å². The van der Waals surface area contributed by atoms with E-state index in [0.717, 1.165) is 5.69 Å². The smallest absolute Gasteiger partial charge is 0.726 e. The van der Waals surface area contributed by atoms with Crippen molar-refractivity contribution in [2.45, 2.75) is 6.92 Å². The van der Waals surface area contributed by atoms with E-state index in [4.69, 9.17) is 0 Å². The predicted octanol–water partition coefficient (Wildman–Crippen LogP) is 1.64. The molecule has 2 aromatic rings. The molecule has 0 fully saturated rings. The van der Waals surface area contributed by atoms with E-state index in [0.29, 0.717) is 18.2 Å². The van der Waals surface area contributed by atoms with Crippen LogP contribution in [0.1, 0.15) is 8.35 Å². The van der Waals surface area contributed by atoms with Gasteiger partial charge in [-0.15, -0.1) is 20.4 Å². The quantitative estimate of drug-likeness (QED) is 0.438. The average Bonchev–Trinajstić information content (AvgIpc) is 3.03. The molecule has 0 amide bonds. The molecule has 0 unspecified atom stereocenters. The van der Waals surface area contributed by atoms with Gasteiger partial charge in [0.2, 0.25) is 10.4 Å². The minimum absolute atomic E-state index is 0. The average molecular weight is 340 g/mol. The summed E-state index contributed by atoms with van der Waals surface area (Å²) in [7, 11) is -4.66. The number of azo groups is 1. The van der Waals surface area contributed by atoms with Crippen molar-refractivity contribution in [1.29, 1.82) is 0 Å². The zero-order chi connectivity index (χ0) is 16.7. The number of aromatic amines is 1. The standard InChI is InChI=1S/C12H16N6O4S/c1-2-18(7-8-22-23(19,20)21)11-5-3-10(4-6-11)15-17-12-13-9-14-16-12/h3-6,9H,2,7-8H2,1H3,(H,13,14,16)(H,19,20,21). The number of hydrogen-bond donors (Lipinski definition) is 1. The molecule has 0 aliphatic rings. The zero-order valence-corrected chi connectivity index (χ0v) is 13.1. The van der Waals surface area contributed by atoms with Gasteiger partial charge in [-0.05, 0) is 31.2 Å². The van der Waals surface area contributed by atoms with Crippen LogP contribution in [-0.4, -0.2) is 47.8 Å². The topological polar surface area (TPSA) is 136 Å². The highest BCUT2D eigenvalue weighted by atomic mass is 32.3. The molecule has 0 aliphatic heterocycles. The number of nitrogens with zero attached hydrogens (tertiary/aromatic N) is 5. The molecule has 1 aromatic carbocycles. The second-order valence-corrected chi connectivity index (χ2v) is 5.39. The second-order valence-electron chi connectivity index (χ2n) is 4.34. The lowest BCUT2D eigenvalue weighted by molar-refractivity contribution is 0.266. The Kier molecular flexibility index (Phi) is 5.73. The van der Waals surface area contributed by atoms with E-state index in [1.54, 1.807) is 12.1 Å². The Morgan fingerprint density at radius 3 is 2.65 bits per heavy atom. The van der Waals surface area contributed by atoms with Crippen LogP contribution in [0.4, 0.5) is 17.3 Å². The summed E-state index contributed by atoms with van der Waals surface area (Å²) in [6.45, 7) is 2.61. The van der Waals surface area contributed by atoms with Crippen molar-refractivity contribution >= 4 is 27.7 Å². The van der Waals surface area contributed by atoms with Crippen molar-refractivity contribution in [2.75, 3.05) is 24.6 Å². The summed E-state index contributed by atoms with van der Waals surface area (Å²) in [5.41, 5.74) is 1.47. The molecule has 0 saturated carbocycles. The number of hydrogen-bond acceptors (Lipinski definition) is 9. The van der Waals surface area contributed by atoms with E-state index >= 15 is 0 Å². The third kappa shape index (κ3) is 5.73. The Morgan fingerprint density at radius 2 is 2.09 bits per heavy atom. The van der Waals surface area contributed by atoms with Gasteiger partial charge in [0.05, 0.1) is 12.3 Å². The number of anilines is 1. The van der Waals surface area contributed by atoms with Crippen LogP contribution >= 0.6 is 0 Å². The molecule has 0 atom stereocenters. The molecule has 10 nitrogen and oxygen atoms in total. The van der Waals surface area contributed by atoms with E-state index < -0.39 is 10.4 Å². The van der Waals surface area contributed by atoms with Gasteiger partial charge in [-0.3, -0.25) is 4.18 Å². The maximum atomic E-state index is 10.4. The summed E-state index contributed by atoms with van der Waals surface area (Å²) in [6.07, 6.45) is 1.40. The van der Waals surface area contributed by atoms with Crippen LogP contribution in [0.3, 0.4) is 0 Å². The molecule has 2 rings (SSSR count). The normalized spacial score (nSPS) is 11.9. The van der Waals surface area contributed by atoms with Gasteiger partial charge in [-0.2, -0.15) is 0 Å². The summed E-state index contributed by atoms with van der Waals surface area (Å²) >= 11 is 0. The van der Waals surface area contributed by atoms with E-state index in [1.807, 2.05) is 24.0 Å². The third-order valence-electron chi connectivity index (χ3n) is 2.85. The molecule has 0 saturated heterocycles. The zero-order valence-electron chi connectivity index (χ0n) is 13.3. The van der Waals surface area contributed by atoms with Crippen molar-refractivity contribution in [1.82, 2.24) is 15.2 Å². The number of benzene rings is 1. The molecule has 0 bridgehead atoms. The summed E-state index contributed by atoms with van der Waals surface area (Å²) in [4.78, 5) is 4.57. The van der Waals surface area contributed by atoms with E-state index in [9.17, 15) is 13.0 Å². The highest BCUT2D eigenvalue weighted by Gasteiger charge is 2.05. The largest absolute Gasteiger partial charge is 1.00 e. The molecule has 1 aromatic heterocycles. The number of aromatic nitrogens is 3. The first-order valence-electron chi connectivity index (χ1n) is 6.71. The van der Waals surface area contributed by atoms with E-state index in [1.165, 1.54) is 6.33 Å². The van der Waals surface area contributed by atoms with Gasteiger partial charge in [0, 0.05) is 18.8 Å². The highest BCUT2D eigenvalue weighted by molar-refractivity contribution is 7.80. The lowest BCUT2D eigenvalue weighted by Gasteiger charge is -2.23. The fraction of sp³-hybridized carbons (Fsp3) is 0.333. The maximum Gasteiger partial charge on any atom is 1.00 e. The number of H-pyrrole nitrogens is 1. The molecule has 1 heterocycles. The Morgan fingerprint density at radius 1 is 1.35 bits per heavy atom. The van der Waals surface area contributed by atoms with Crippen molar-refractivity contribution in [3.63, 3.8) is 0 Å². The van der Waals surface area contributed by atoms with Gasteiger partial charge in [-0.25, -0.2) is 8.42 Å². The first-order valence-corrected chi connectivity index (χ1v) is 8.04. The minimum Gasteiger partial charge on any atom is -0.726 e. The Labute approximate surface area is 134 Å². The Hall–Kier alpha value is -2.37. The maximum absolute atomic E-state index is 10.4. The highest BCUT2D eigenvalue weighted by Crippen LogP contribution is 2.21. The number of likely N-dealkylation sites (N-methyl/N-ethyl adjacent to an activating group) is 1. The van der Waals surface area contributed by atoms with Crippen molar-refractivity contribution < 1.29 is 18.6 Å². The van der Waals surface area contributed by atoms with Gasteiger partial charge in [-0.1, -0.05) is 0 Å². The second kappa shape index (κ2) is 7.76. The lowest BCUT2D eigenvalue weighted by atomic mass is 10.2. The van der Waals surface area contributed by atoms with Crippen LogP contribution in [0.25, 0.3) is 0 Å². The molecule has 1 N–H and O–H groups in total. The summed E-state index contributed by atoms with van der Waals surface area (Å²) in [5.74, 6) is 0.306. The fourth-order valence-electron chi connectivity index (χ4n) is 1.80. The molecule has 124 valence electrons. The van der Waals surface area contributed by atoms with Crippen LogP contribution in [0.15, 0.2) is 40.8 Å². The SMILES string of the molecule is CCN(CCOS(=O)(=O)[O-])c1ccc(N=Nc2nnc[nH]2)cc1.[H+]. The lowest BCUT2D eigenvalue weighted by Crippen LogP contribution is -2.27. The van der Waals surface area contributed by atoms with Crippen molar-refractivity contribution in [2.24, 2.45) is 10.2 Å². The van der Waals surface area contributed by atoms with Crippen molar-refractivity contribution in [3.05, 3.63) is 30.6 Å². The van der Waals surface area contributed by atoms with Gasteiger partial charge < -0.3 is 14.4 Å². The molecule has 23 heavy (non-hydrogen) atoms. The first kappa shape index (κ1) is 17.0.